The standard InChI is InChI=1S/C21H21N3O3S/c1-26-17-9-6-10-18(27-2)15(17)12-24-19(25)13-28-21(24)16-11-22-20(23-16)14-7-4-3-5-8-14/h3-11,21H,12-13H2,1-2H3,(H,22,23). The fraction of sp³-hybridized carbons (Fsp3) is 0.238. The Bertz CT molecular complexity index is 952. The van der Waals surface area contributed by atoms with Crippen molar-refractivity contribution in [3.05, 3.63) is 66.0 Å². The molecule has 1 amide bonds. The second-order valence-corrected chi connectivity index (χ2v) is 7.45. The molecule has 0 bridgehead atoms. The molecule has 1 aromatic heterocycles. The summed E-state index contributed by atoms with van der Waals surface area (Å²) in [5.74, 6) is 2.72. The van der Waals surface area contributed by atoms with E-state index in [1.807, 2.05) is 59.6 Å². The van der Waals surface area contributed by atoms with Crippen LogP contribution in [0.25, 0.3) is 11.4 Å². The molecule has 0 saturated carbocycles. The van der Waals surface area contributed by atoms with E-state index in [-0.39, 0.29) is 11.3 Å². The number of nitrogens with one attached hydrogen (secondary N) is 1. The quantitative estimate of drug-likeness (QED) is 0.686. The highest BCUT2D eigenvalue weighted by molar-refractivity contribution is 8.00. The van der Waals surface area contributed by atoms with Crippen LogP contribution in [-0.4, -0.2) is 40.7 Å². The van der Waals surface area contributed by atoms with Gasteiger partial charge in [0.05, 0.1) is 44.0 Å². The Morgan fingerprint density at radius 2 is 1.82 bits per heavy atom. The molecule has 1 saturated heterocycles. The van der Waals surface area contributed by atoms with Gasteiger partial charge in [0.2, 0.25) is 5.91 Å². The number of aromatic amines is 1. The third-order valence-electron chi connectivity index (χ3n) is 4.74. The van der Waals surface area contributed by atoms with E-state index in [1.165, 1.54) is 0 Å². The summed E-state index contributed by atoms with van der Waals surface area (Å²) < 4.78 is 11.0. The number of imidazole rings is 1. The van der Waals surface area contributed by atoms with Crippen molar-refractivity contribution in [3.63, 3.8) is 0 Å². The van der Waals surface area contributed by atoms with E-state index in [9.17, 15) is 4.79 Å². The van der Waals surface area contributed by atoms with Crippen molar-refractivity contribution in [3.8, 4) is 22.9 Å². The summed E-state index contributed by atoms with van der Waals surface area (Å²) in [6.07, 6.45) is 1.81. The van der Waals surface area contributed by atoms with Crippen LogP contribution >= 0.6 is 11.8 Å². The second-order valence-electron chi connectivity index (χ2n) is 6.38. The van der Waals surface area contributed by atoms with Crippen LogP contribution in [0.3, 0.4) is 0 Å². The number of methoxy groups -OCH3 is 2. The van der Waals surface area contributed by atoms with Gasteiger partial charge in [-0.3, -0.25) is 4.79 Å². The lowest BCUT2D eigenvalue weighted by Gasteiger charge is -2.25. The van der Waals surface area contributed by atoms with Crippen molar-refractivity contribution in [1.82, 2.24) is 14.9 Å². The summed E-state index contributed by atoms with van der Waals surface area (Å²) in [4.78, 5) is 22.4. The molecule has 144 valence electrons. The molecule has 0 aliphatic carbocycles. The maximum atomic E-state index is 12.6. The maximum Gasteiger partial charge on any atom is 0.234 e. The smallest absolute Gasteiger partial charge is 0.234 e. The van der Waals surface area contributed by atoms with Crippen LogP contribution in [0, 0.1) is 0 Å². The predicted octanol–water partition coefficient (Wildman–Crippen LogP) is 3.87. The Labute approximate surface area is 167 Å². The minimum Gasteiger partial charge on any atom is -0.496 e. The van der Waals surface area contributed by atoms with Gasteiger partial charge >= 0.3 is 0 Å². The topological polar surface area (TPSA) is 67.5 Å². The summed E-state index contributed by atoms with van der Waals surface area (Å²) in [7, 11) is 3.24. The van der Waals surface area contributed by atoms with Crippen LogP contribution in [-0.2, 0) is 11.3 Å². The molecule has 1 N–H and O–H groups in total. The highest BCUT2D eigenvalue weighted by atomic mass is 32.2. The Morgan fingerprint density at radius 3 is 2.50 bits per heavy atom. The number of rotatable bonds is 6. The molecule has 1 atom stereocenters. The maximum absolute atomic E-state index is 12.6. The SMILES string of the molecule is COc1cccc(OC)c1CN1C(=O)CSC1c1cnc(-c2ccccc2)[nH]1. The number of nitrogens with zero attached hydrogens (tertiary/aromatic N) is 2. The number of ether oxygens (including phenoxy) is 2. The van der Waals surface area contributed by atoms with E-state index in [2.05, 4.69) is 9.97 Å². The van der Waals surface area contributed by atoms with Crippen molar-refractivity contribution in [2.45, 2.75) is 11.9 Å². The monoisotopic (exact) mass is 395 g/mol. The van der Waals surface area contributed by atoms with Gasteiger partial charge in [-0.25, -0.2) is 4.98 Å². The number of carbonyl (C=O) groups excluding carboxylic acids is 1. The first kappa shape index (κ1) is 18.4. The highest BCUT2D eigenvalue weighted by Crippen LogP contribution is 2.41. The first-order valence-electron chi connectivity index (χ1n) is 8.92. The zero-order chi connectivity index (χ0) is 19.5. The first-order valence-corrected chi connectivity index (χ1v) is 9.97. The molecule has 1 aliphatic rings. The molecular weight excluding hydrogens is 374 g/mol. The number of hydrogen-bond donors (Lipinski definition) is 1. The Morgan fingerprint density at radius 1 is 1.11 bits per heavy atom. The Balaban J connectivity index is 1.63. The van der Waals surface area contributed by atoms with Crippen molar-refractivity contribution in [2.75, 3.05) is 20.0 Å². The number of amides is 1. The lowest BCUT2D eigenvalue weighted by Crippen LogP contribution is -2.28. The van der Waals surface area contributed by atoms with Crippen LogP contribution in [0.15, 0.2) is 54.7 Å². The minimum absolute atomic E-state index is 0.0822. The van der Waals surface area contributed by atoms with E-state index in [4.69, 9.17) is 9.47 Å². The fourth-order valence-corrected chi connectivity index (χ4v) is 4.48. The van der Waals surface area contributed by atoms with Crippen molar-refractivity contribution >= 4 is 17.7 Å². The third-order valence-corrected chi connectivity index (χ3v) is 5.97. The number of H-pyrrole nitrogens is 1. The zero-order valence-electron chi connectivity index (χ0n) is 15.7. The van der Waals surface area contributed by atoms with Gasteiger partial charge in [-0.1, -0.05) is 36.4 Å². The van der Waals surface area contributed by atoms with Crippen LogP contribution in [0.4, 0.5) is 0 Å². The summed E-state index contributed by atoms with van der Waals surface area (Å²) >= 11 is 1.59. The van der Waals surface area contributed by atoms with E-state index in [0.717, 1.165) is 22.6 Å². The van der Waals surface area contributed by atoms with Gasteiger partial charge < -0.3 is 19.4 Å². The normalized spacial score (nSPS) is 16.4. The molecule has 7 heteroatoms. The summed E-state index contributed by atoms with van der Waals surface area (Å²) in [5.41, 5.74) is 2.78. The van der Waals surface area contributed by atoms with Crippen LogP contribution in [0.5, 0.6) is 11.5 Å². The van der Waals surface area contributed by atoms with Gasteiger partial charge in [-0.2, -0.15) is 0 Å². The molecule has 1 unspecified atom stereocenters. The second kappa shape index (κ2) is 7.98. The van der Waals surface area contributed by atoms with Crippen molar-refractivity contribution < 1.29 is 14.3 Å². The largest absolute Gasteiger partial charge is 0.496 e. The molecule has 2 aromatic carbocycles. The number of benzene rings is 2. The van der Waals surface area contributed by atoms with Crippen LogP contribution < -0.4 is 9.47 Å². The molecule has 28 heavy (non-hydrogen) atoms. The lowest BCUT2D eigenvalue weighted by atomic mass is 10.1. The Kier molecular flexibility index (Phi) is 5.25. The van der Waals surface area contributed by atoms with Gasteiger partial charge in [-0.15, -0.1) is 11.8 Å². The van der Waals surface area contributed by atoms with E-state index in [1.54, 1.807) is 26.0 Å². The van der Waals surface area contributed by atoms with Gasteiger partial charge in [0.1, 0.15) is 22.7 Å². The van der Waals surface area contributed by atoms with Crippen LogP contribution in [0.2, 0.25) is 0 Å². The molecule has 4 rings (SSSR count). The molecule has 0 radical (unpaired) electrons. The average molecular weight is 395 g/mol. The van der Waals surface area contributed by atoms with Crippen LogP contribution in [0.1, 0.15) is 16.6 Å². The molecule has 3 aromatic rings. The highest BCUT2D eigenvalue weighted by Gasteiger charge is 2.35. The van der Waals surface area contributed by atoms with Crippen molar-refractivity contribution in [2.24, 2.45) is 0 Å². The molecule has 6 nitrogen and oxygen atoms in total. The fourth-order valence-electron chi connectivity index (χ4n) is 3.34. The van der Waals surface area contributed by atoms with E-state index < -0.39 is 0 Å². The zero-order valence-corrected chi connectivity index (χ0v) is 16.5. The summed E-state index contributed by atoms with van der Waals surface area (Å²) in [6, 6.07) is 15.6. The van der Waals surface area contributed by atoms with Gasteiger partial charge in [-0.05, 0) is 12.1 Å². The van der Waals surface area contributed by atoms with E-state index >= 15 is 0 Å². The lowest BCUT2D eigenvalue weighted by molar-refractivity contribution is -0.128. The summed E-state index contributed by atoms with van der Waals surface area (Å²) in [6.45, 7) is 0.406. The molecular formula is C21H21N3O3S. The van der Waals surface area contributed by atoms with E-state index in [0.29, 0.717) is 23.8 Å². The number of carbonyl (C=O) groups is 1. The number of thioether (sulfide) groups is 1. The average Bonchev–Trinajstić information content (AvgIpc) is 3.36. The minimum atomic E-state index is -0.132. The van der Waals surface area contributed by atoms with Gasteiger partial charge in [0.15, 0.2) is 0 Å². The number of hydrogen-bond acceptors (Lipinski definition) is 5. The molecule has 1 aliphatic heterocycles. The Hall–Kier alpha value is -2.93. The predicted molar refractivity (Wildman–Crippen MR) is 109 cm³/mol. The van der Waals surface area contributed by atoms with Gasteiger partial charge in [0.25, 0.3) is 0 Å². The first-order chi connectivity index (χ1) is 13.7. The summed E-state index contributed by atoms with van der Waals surface area (Å²) in [5, 5.41) is -0.132. The molecule has 0 spiro atoms. The van der Waals surface area contributed by atoms with Crippen molar-refractivity contribution in [1.29, 1.82) is 0 Å². The number of aromatic nitrogens is 2. The molecule has 1 fully saturated rings. The third kappa shape index (κ3) is 3.45. The molecule has 2 heterocycles. The van der Waals surface area contributed by atoms with Gasteiger partial charge in [0, 0.05) is 5.56 Å².